The molecule has 8 nitrogen and oxygen atoms in total. The van der Waals surface area contributed by atoms with Crippen LogP contribution in [0.1, 0.15) is 17.2 Å². The summed E-state index contributed by atoms with van der Waals surface area (Å²) in [5.41, 5.74) is 1.29. The van der Waals surface area contributed by atoms with Crippen molar-refractivity contribution in [2.75, 3.05) is 53.5 Å². The number of piperazine rings is 1. The summed E-state index contributed by atoms with van der Waals surface area (Å²) in [6.45, 7) is 4.63. The van der Waals surface area contributed by atoms with E-state index >= 15 is 0 Å². The van der Waals surface area contributed by atoms with Crippen molar-refractivity contribution in [1.29, 1.82) is 0 Å². The van der Waals surface area contributed by atoms with Crippen molar-refractivity contribution in [1.82, 2.24) is 15.1 Å². The van der Waals surface area contributed by atoms with Crippen molar-refractivity contribution in [3.8, 4) is 11.5 Å². The van der Waals surface area contributed by atoms with Gasteiger partial charge in [0.15, 0.2) is 0 Å². The Bertz CT molecular complexity index is 1030. The molecule has 0 bridgehead atoms. The van der Waals surface area contributed by atoms with Crippen LogP contribution in [0.25, 0.3) is 5.76 Å². The highest BCUT2D eigenvalue weighted by Crippen LogP contribution is 2.39. The third-order valence-corrected chi connectivity index (χ3v) is 6.20. The zero-order chi connectivity index (χ0) is 23.4. The Hall–Kier alpha value is -3.36. The van der Waals surface area contributed by atoms with Crippen LogP contribution in [0.15, 0.2) is 54.1 Å². The predicted molar refractivity (Wildman–Crippen MR) is 124 cm³/mol. The third kappa shape index (κ3) is 4.72. The zero-order valence-corrected chi connectivity index (χ0v) is 18.9. The van der Waals surface area contributed by atoms with E-state index in [1.54, 1.807) is 55.5 Å². The van der Waals surface area contributed by atoms with Gasteiger partial charge in [0.2, 0.25) is 0 Å². The van der Waals surface area contributed by atoms with Crippen LogP contribution >= 0.6 is 0 Å². The third-order valence-electron chi connectivity index (χ3n) is 6.20. The Balaban J connectivity index is 1.72. The largest absolute Gasteiger partial charge is 0.507 e. The molecule has 174 valence electrons. The first-order chi connectivity index (χ1) is 16.0. The molecule has 0 aliphatic carbocycles. The number of likely N-dealkylation sites (tertiary alicyclic amines) is 1. The van der Waals surface area contributed by atoms with Gasteiger partial charge in [-0.25, -0.2) is 0 Å². The van der Waals surface area contributed by atoms with Gasteiger partial charge in [-0.1, -0.05) is 12.1 Å². The lowest BCUT2D eigenvalue weighted by molar-refractivity contribution is -0.140. The topological polar surface area (TPSA) is 91.3 Å². The molecule has 1 atom stereocenters. The van der Waals surface area contributed by atoms with Gasteiger partial charge in [0.25, 0.3) is 11.7 Å². The molecule has 0 aromatic heterocycles. The normalized spacial score (nSPS) is 20.8. The fourth-order valence-electron chi connectivity index (χ4n) is 4.33. The van der Waals surface area contributed by atoms with Crippen molar-refractivity contribution in [2.24, 2.45) is 0 Å². The number of ketones is 1. The Morgan fingerprint density at radius 2 is 1.52 bits per heavy atom. The maximum Gasteiger partial charge on any atom is 0.295 e. The van der Waals surface area contributed by atoms with Gasteiger partial charge < -0.3 is 24.8 Å². The molecule has 2 N–H and O–H groups in total. The summed E-state index contributed by atoms with van der Waals surface area (Å²) < 4.78 is 10.4. The monoisotopic (exact) mass is 451 g/mol. The Labute approximate surface area is 193 Å². The Morgan fingerprint density at radius 3 is 2.09 bits per heavy atom. The minimum Gasteiger partial charge on any atom is -0.507 e. The lowest BCUT2D eigenvalue weighted by atomic mass is 9.95. The number of amides is 1. The quantitative estimate of drug-likeness (QED) is 0.378. The number of ether oxygens (including phenoxy) is 2. The average Bonchev–Trinajstić information content (AvgIpc) is 3.12. The number of methoxy groups -OCH3 is 2. The molecule has 2 aromatic carbocycles. The number of carbonyl (C=O) groups excluding carboxylic acids is 2. The fourth-order valence-corrected chi connectivity index (χ4v) is 4.33. The summed E-state index contributed by atoms with van der Waals surface area (Å²) in [7, 11) is 3.14. The van der Waals surface area contributed by atoms with E-state index in [0.29, 0.717) is 30.2 Å². The SMILES string of the molecule is COc1ccc(/C(O)=C2/C(=O)C(=O)N(CCN3CCNCC3)C2c2ccc(OC)cc2)cc1. The van der Waals surface area contributed by atoms with Crippen LogP contribution in [-0.2, 0) is 9.59 Å². The van der Waals surface area contributed by atoms with E-state index in [9.17, 15) is 14.7 Å². The van der Waals surface area contributed by atoms with Gasteiger partial charge in [-0.3, -0.25) is 14.5 Å². The molecule has 8 heteroatoms. The summed E-state index contributed by atoms with van der Waals surface area (Å²) in [4.78, 5) is 30.1. The first-order valence-electron chi connectivity index (χ1n) is 11.0. The molecule has 0 radical (unpaired) electrons. The van der Waals surface area contributed by atoms with Gasteiger partial charge in [-0.2, -0.15) is 0 Å². The van der Waals surface area contributed by atoms with E-state index in [2.05, 4.69) is 10.2 Å². The molecule has 2 heterocycles. The summed E-state index contributed by atoms with van der Waals surface area (Å²) in [6.07, 6.45) is 0. The van der Waals surface area contributed by atoms with E-state index in [0.717, 1.165) is 31.7 Å². The predicted octanol–water partition coefficient (Wildman–Crippen LogP) is 2.03. The van der Waals surface area contributed by atoms with Crippen LogP contribution in [0.2, 0.25) is 0 Å². The maximum absolute atomic E-state index is 13.1. The Kier molecular flexibility index (Phi) is 6.96. The maximum atomic E-state index is 13.1. The number of nitrogens with one attached hydrogen (secondary N) is 1. The number of hydrogen-bond donors (Lipinski definition) is 2. The second-order valence-corrected chi connectivity index (χ2v) is 8.09. The molecule has 0 saturated carbocycles. The van der Waals surface area contributed by atoms with E-state index in [1.165, 1.54) is 0 Å². The first kappa shape index (κ1) is 22.8. The van der Waals surface area contributed by atoms with Gasteiger partial charge in [0.1, 0.15) is 17.3 Å². The number of benzene rings is 2. The molecule has 1 unspecified atom stereocenters. The highest BCUT2D eigenvalue weighted by atomic mass is 16.5. The molecule has 0 spiro atoms. The minimum absolute atomic E-state index is 0.0932. The zero-order valence-electron chi connectivity index (χ0n) is 18.9. The lowest BCUT2D eigenvalue weighted by Gasteiger charge is -2.31. The summed E-state index contributed by atoms with van der Waals surface area (Å²) >= 11 is 0. The molecule has 1 amide bonds. The Morgan fingerprint density at radius 1 is 0.939 bits per heavy atom. The van der Waals surface area contributed by atoms with Gasteiger partial charge in [0, 0.05) is 44.8 Å². The van der Waals surface area contributed by atoms with Crippen molar-refractivity contribution < 1.29 is 24.2 Å². The molecule has 2 aliphatic rings. The molecular weight excluding hydrogens is 422 g/mol. The van der Waals surface area contributed by atoms with Crippen molar-refractivity contribution in [3.63, 3.8) is 0 Å². The van der Waals surface area contributed by atoms with Gasteiger partial charge in [0.05, 0.1) is 25.8 Å². The molecule has 4 rings (SSSR count). The van der Waals surface area contributed by atoms with E-state index in [1.807, 2.05) is 12.1 Å². The van der Waals surface area contributed by atoms with Crippen molar-refractivity contribution in [2.45, 2.75) is 6.04 Å². The number of Topliss-reactive ketones (excluding diaryl/α,β-unsaturated/α-hetero) is 1. The molecule has 2 aromatic rings. The second-order valence-electron chi connectivity index (χ2n) is 8.09. The molecular formula is C25H29N3O5. The van der Waals surface area contributed by atoms with E-state index in [4.69, 9.17) is 9.47 Å². The highest BCUT2D eigenvalue weighted by Gasteiger charge is 2.46. The summed E-state index contributed by atoms with van der Waals surface area (Å²) in [6, 6.07) is 13.3. The number of nitrogens with zero attached hydrogens (tertiary/aromatic N) is 2. The van der Waals surface area contributed by atoms with Crippen LogP contribution in [0, 0.1) is 0 Å². The van der Waals surface area contributed by atoms with Gasteiger partial charge in [-0.15, -0.1) is 0 Å². The molecule has 2 fully saturated rings. The van der Waals surface area contributed by atoms with Crippen molar-refractivity contribution in [3.05, 3.63) is 65.2 Å². The first-order valence-corrected chi connectivity index (χ1v) is 11.0. The van der Waals surface area contributed by atoms with Crippen LogP contribution < -0.4 is 14.8 Å². The standard InChI is InChI=1S/C25H29N3O5/c1-32-19-7-3-17(4-8-19)22-21(23(29)18-5-9-20(33-2)10-6-18)24(30)25(31)28(22)16-15-27-13-11-26-12-14-27/h3-10,22,26,29H,11-16H2,1-2H3/b23-21-. The lowest BCUT2D eigenvalue weighted by Crippen LogP contribution is -2.46. The molecule has 2 aliphatic heterocycles. The minimum atomic E-state index is -0.680. The number of aliphatic hydroxyl groups is 1. The number of carbonyl (C=O) groups is 2. The molecule has 33 heavy (non-hydrogen) atoms. The second kappa shape index (κ2) is 10.1. The number of hydrogen-bond acceptors (Lipinski definition) is 7. The fraction of sp³-hybridized carbons (Fsp3) is 0.360. The van der Waals surface area contributed by atoms with Crippen LogP contribution in [-0.4, -0.2) is 80.1 Å². The highest BCUT2D eigenvalue weighted by molar-refractivity contribution is 6.46. The summed E-state index contributed by atoms with van der Waals surface area (Å²) in [5.74, 6) is -0.159. The number of aliphatic hydroxyl groups excluding tert-OH is 1. The van der Waals surface area contributed by atoms with E-state index < -0.39 is 17.7 Å². The van der Waals surface area contributed by atoms with Crippen molar-refractivity contribution >= 4 is 17.4 Å². The van der Waals surface area contributed by atoms with Crippen LogP contribution in [0.4, 0.5) is 0 Å². The number of rotatable bonds is 7. The average molecular weight is 452 g/mol. The smallest absolute Gasteiger partial charge is 0.295 e. The van der Waals surface area contributed by atoms with Gasteiger partial charge >= 0.3 is 0 Å². The van der Waals surface area contributed by atoms with Crippen LogP contribution in [0.5, 0.6) is 11.5 Å². The van der Waals surface area contributed by atoms with Crippen LogP contribution in [0.3, 0.4) is 0 Å². The molecule has 2 saturated heterocycles. The summed E-state index contributed by atoms with van der Waals surface area (Å²) in [5, 5.41) is 14.4. The van der Waals surface area contributed by atoms with E-state index in [-0.39, 0.29) is 11.3 Å². The van der Waals surface area contributed by atoms with Gasteiger partial charge in [-0.05, 0) is 42.0 Å².